The number of fused-ring (bicyclic) bond motifs is 2. The molecule has 0 unspecified atom stereocenters. The lowest BCUT2D eigenvalue weighted by Gasteiger charge is -2.27. The normalized spacial score (nSPS) is 16.9. The molecule has 1 aliphatic heterocycles. The second-order valence-corrected chi connectivity index (χ2v) is 5.59. The maximum Gasteiger partial charge on any atom is 0.335 e. The molecule has 6 nitrogen and oxygen atoms in total. The van der Waals surface area contributed by atoms with E-state index in [0.29, 0.717) is 11.3 Å². The van der Waals surface area contributed by atoms with Crippen molar-refractivity contribution in [1.82, 2.24) is 10.2 Å². The largest absolute Gasteiger partial charge is 0.478 e. The van der Waals surface area contributed by atoms with Crippen LogP contribution < -0.4 is 5.32 Å². The van der Waals surface area contributed by atoms with Crippen LogP contribution in [0.3, 0.4) is 0 Å². The quantitative estimate of drug-likeness (QED) is 0.678. The lowest BCUT2D eigenvalue weighted by Crippen LogP contribution is -2.24. The van der Waals surface area contributed by atoms with Gasteiger partial charge >= 0.3 is 5.97 Å². The molecule has 0 saturated heterocycles. The molecule has 0 spiro atoms. The Hall–Kier alpha value is -3.15. The predicted octanol–water partition coefficient (Wildman–Crippen LogP) is 2.74. The summed E-state index contributed by atoms with van der Waals surface area (Å²) in [6.45, 7) is 0. The van der Waals surface area contributed by atoms with Gasteiger partial charge in [0.1, 0.15) is 0 Å². The van der Waals surface area contributed by atoms with Crippen LogP contribution in [0, 0.1) is 0 Å². The number of nitrogens with one attached hydrogen (secondary N) is 2. The minimum Gasteiger partial charge on any atom is -0.478 e. The average molecular weight is 307 g/mol. The Labute approximate surface area is 131 Å². The highest BCUT2D eigenvalue weighted by atomic mass is 16.4. The second kappa shape index (κ2) is 4.95. The molecule has 0 radical (unpaired) electrons. The number of aromatic carboxylic acids is 1. The molecule has 0 bridgehead atoms. The Balaban J connectivity index is 1.94. The fraction of sp³-hybridized carbons (Fsp3) is 0.118. The molecule has 2 heterocycles. The van der Waals surface area contributed by atoms with Crippen molar-refractivity contribution in [3.8, 4) is 0 Å². The van der Waals surface area contributed by atoms with E-state index in [1.165, 1.54) is 0 Å². The number of benzene rings is 2. The molecule has 1 aliphatic rings. The Morgan fingerprint density at radius 2 is 2.04 bits per heavy atom. The Morgan fingerprint density at radius 1 is 1.22 bits per heavy atom. The van der Waals surface area contributed by atoms with Crippen LogP contribution in [0.25, 0.3) is 10.9 Å². The van der Waals surface area contributed by atoms with Crippen molar-refractivity contribution >= 4 is 28.5 Å². The standard InChI is InChI=1S/C17H13N3O3/c21-16-6-12(10-3-1-2-4-11(10)17(22)23)13-5-9-8-18-20-14(9)7-15(13)19-16/h1-5,7-8,12H,6H2,(H,18,20)(H,19,21)(H,22,23)/t12-/m0/s1. The van der Waals surface area contributed by atoms with Crippen LogP contribution in [-0.4, -0.2) is 27.2 Å². The summed E-state index contributed by atoms with van der Waals surface area (Å²) in [5.41, 5.74) is 3.32. The number of H-pyrrole nitrogens is 1. The fourth-order valence-electron chi connectivity index (χ4n) is 3.18. The first-order valence-electron chi connectivity index (χ1n) is 7.22. The third-order valence-corrected chi connectivity index (χ3v) is 4.22. The molecule has 3 N–H and O–H groups in total. The van der Waals surface area contributed by atoms with E-state index in [1.807, 2.05) is 12.1 Å². The van der Waals surface area contributed by atoms with Gasteiger partial charge in [0.25, 0.3) is 0 Å². The van der Waals surface area contributed by atoms with Crippen LogP contribution in [0.4, 0.5) is 5.69 Å². The minimum atomic E-state index is -0.988. The highest BCUT2D eigenvalue weighted by Gasteiger charge is 2.29. The summed E-state index contributed by atoms with van der Waals surface area (Å²) in [6, 6.07) is 10.6. The van der Waals surface area contributed by atoms with Crippen molar-refractivity contribution in [3.05, 3.63) is 59.3 Å². The van der Waals surface area contributed by atoms with Gasteiger partial charge in [-0.15, -0.1) is 0 Å². The van der Waals surface area contributed by atoms with Gasteiger partial charge in [-0.1, -0.05) is 18.2 Å². The van der Waals surface area contributed by atoms with Crippen LogP contribution in [-0.2, 0) is 4.79 Å². The molecule has 6 heteroatoms. The first-order valence-corrected chi connectivity index (χ1v) is 7.22. The summed E-state index contributed by atoms with van der Waals surface area (Å²) in [5, 5.41) is 20.1. The number of carboxylic acids is 1. The molecule has 0 saturated carbocycles. The van der Waals surface area contributed by atoms with E-state index in [1.54, 1.807) is 30.5 Å². The number of carbonyl (C=O) groups excluding carboxylic acids is 1. The highest BCUT2D eigenvalue weighted by Crippen LogP contribution is 2.40. The summed E-state index contributed by atoms with van der Waals surface area (Å²) in [7, 11) is 0. The van der Waals surface area contributed by atoms with Crippen LogP contribution in [0.1, 0.15) is 33.8 Å². The number of carbonyl (C=O) groups is 2. The van der Waals surface area contributed by atoms with Crippen molar-refractivity contribution in [2.24, 2.45) is 0 Å². The first kappa shape index (κ1) is 13.5. The maximum absolute atomic E-state index is 12.1. The molecule has 114 valence electrons. The van der Waals surface area contributed by atoms with Gasteiger partial charge in [0, 0.05) is 23.4 Å². The van der Waals surface area contributed by atoms with Gasteiger partial charge in [-0.05, 0) is 29.3 Å². The zero-order valence-corrected chi connectivity index (χ0v) is 12.0. The molecule has 1 atom stereocenters. The number of hydrogen-bond acceptors (Lipinski definition) is 3. The third-order valence-electron chi connectivity index (χ3n) is 4.22. The zero-order chi connectivity index (χ0) is 16.0. The van der Waals surface area contributed by atoms with Crippen LogP contribution in [0.2, 0.25) is 0 Å². The molecule has 0 fully saturated rings. The number of aromatic amines is 1. The number of amides is 1. The molecule has 23 heavy (non-hydrogen) atoms. The van der Waals surface area contributed by atoms with Gasteiger partial charge in [-0.25, -0.2) is 4.79 Å². The summed E-state index contributed by atoms with van der Waals surface area (Å²) >= 11 is 0. The summed E-state index contributed by atoms with van der Waals surface area (Å²) in [6.07, 6.45) is 1.94. The summed E-state index contributed by atoms with van der Waals surface area (Å²) < 4.78 is 0. The molecular formula is C17H13N3O3. The van der Waals surface area contributed by atoms with Crippen molar-refractivity contribution < 1.29 is 14.7 Å². The number of carboxylic acid groups (broad SMARTS) is 1. The van der Waals surface area contributed by atoms with Crippen LogP contribution >= 0.6 is 0 Å². The summed E-state index contributed by atoms with van der Waals surface area (Å²) in [5.74, 6) is -1.40. The monoisotopic (exact) mass is 307 g/mol. The maximum atomic E-state index is 12.1. The van der Waals surface area contributed by atoms with Crippen LogP contribution in [0.15, 0.2) is 42.6 Å². The van der Waals surface area contributed by atoms with Gasteiger partial charge < -0.3 is 10.4 Å². The summed E-state index contributed by atoms with van der Waals surface area (Å²) in [4.78, 5) is 23.6. The number of nitrogens with zero attached hydrogens (tertiary/aromatic N) is 1. The second-order valence-electron chi connectivity index (χ2n) is 5.59. The molecular weight excluding hydrogens is 294 g/mol. The van der Waals surface area contributed by atoms with Crippen LogP contribution in [0.5, 0.6) is 0 Å². The van der Waals surface area contributed by atoms with E-state index in [4.69, 9.17) is 0 Å². The first-order chi connectivity index (χ1) is 11.1. The van der Waals surface area contributed by atoms with E-state index in [2.05, 4.69) is 15.5 Å². The van der Waals surface area contributed by atoms with E-state index in [9.17, 15) is 14.7 Å². The highest BCUT2D eigenvalue weighted by molar-refractivity contribution is 5.99. The number of aromatic nitrogens is 2. The van der Waals surface area contributed by atoms with Gasteiger partial charge in [-0.3, -0.25) is 9.89 Å². The Bertz CT molecular complexity index is 945. The van der Waals surface area contributed by atoms with E-state index in [-0.39, 0.29) is 23.8 Å². The van der Waals surface area contributed by atoms with E-state index >= 15 is 0 Å². The SMILES string of the molecule is O=C1C[C@@H](c2ccccc2C(=O)O)c2cc3cn[nH]c3cc2N1. The third kappa shape index (κ3) is 2.15. The van der Waals surface area contributed by atoms with Gasteiger partial charge in [-0.2, -0.15) is 5.10 Å². The van der Waals surface area contributed by atoms with Crippen molar-refractivity contribution in [2.75, 3.05) is 5.32 Å². The minimum absolute atomic E-state index is 0.124. The molecule has 1 amide bonds. The van der Waals surface area contributed by atoms with Gasteiger partial charge in [0.2, 0.25) is 5.91 Å². The zero-order valence-electron chi connectivity index (χ0n) is 12.0. The predicted molar refractivity (Wildman–Crippen MR) is 84.6 cm³/mol. The van der Waals surface area contributed by atoms with Crippen molar-refractivity contribution in [1.29, 1.82) is 0 Å². The molecule has 3 aromatic rings. The van der Waals surface area contributed by atoms with Crippen molar-refractivity contribution in [3.63, 3.8) is 0 Å². The number of hydrogen-bond donors (Lipinski definition) is 3. The number of anilines is 1. The average Bonchev–Trinajstić information content (AvgIpc) is 2.99. The topological polar surface area (TPSA) is 95.1 Å². The fourth-order valence-corrected chi connectivity index (χ4v) is 3.18. The van der Waals surface area contributed by atoms with E-state index < -0.39 is 5.97 Å². The van der Waals surface area contributed by atoms with Gasteiger partial charge in [0.15, 0.2) is 0 Å². The molecule has 1 aromatic heterocycles. The Kier molecular flexibility index (Phi) is 2.90. The van der Waals surface area contributed by atoms with E-state index in [0.717, 1.165) is 16.5 Å². The molecule has 2 aromatic carbocycles. The Morgan fingerprint density at radius 3 is 2.87 bits per heavy atom. The van der Waals surface area contributed by atoms with Crippen molar-refractivity contribution in [2.45, 2.75) is 12.3 Å². The number of rotatable bonds is 2. The molecule has 0 aliphatic carbocycles. The lowest BCUT2D eigenvalue weighted by molar-refractivity contribution is -0.116. The molecule has 4 rings (SSSR count). The lowest BCUT2D eigenvalue weighted by atomic mass is 9.82. The van der Waals surface area contributed by atoms with Gasteiger partial charge in [0.05, 0.1) is 17.3 Å². The smallest absolute Gasteiger partial charge is 0.335 e.